The lowest BCUT2D eigenvalue weighted by molar-refractivity contribution is 0.145. The van der Waals surface area contributed by atoms with Gasteiger partial charge in [0.15, 0.2) is 11.6 Å². The van der Waals surface area contributed by atoms with Gasteiger partial charge in [-0.3, -0.25) is 4.68 Å². The summed E-state index contributed by atoms with van der Waals surface area (Å²) in [4.78, 5) is 4.38. The number of halogens is 2. The lowest BCUT2D eigenvalue weighted by atomic mass is 10.0. The summed E-state index contributed by atoms with van der Waals surface area (Å²) in [6.45, 7) is 2.98. The normalized spacial score (nSPS) is 15.1. The molecule has 1 saturated carbocycles. The zero-order valence-electron chi connectivity index (χ0n) is 18.7. The predicted octanol–water partition coefficient (Wildman–Crippen LogP) is 4.85. The van der Waals surface area contributed by atoms with E-state index in [1.807, 2.05) is 42.1 Å². The Bertz CT molecular complexity index is 1390. The van der Waals surface area contributed by atoms with E-state index in [1.165, 1.54) is 18.9 Å². The van der Waals surface area contributed by atoms with Crippen LogP contribution in [0.3, 0.4) is 0 Å². The van der Waals surface area contributed by atoms with E-state index in [-0.39, 0.29) is 12.3 Å². The van der Waals surface area contributed by atoms with Gasteiger partial charge in [-0.1, -0.05) is 17.7 Å². The summed E-state index contributed by atoms with van der Waals surface area (Å²) >= 11 is 0. The number of ether oxygens (including phenoxy) is 1. The van der Waals surface area contributed by atoms with E-state index in [1.54, 1.807) is 10.9 Å². The van der Waals surface area contributed by atoms with Crippen molar-refractivity contribution in [1.82, 2.24) is 24.5 Å². The second kappa shape index (κ2) is 7.93. The molecule has 1 aliphatic carbocycles. The van der Waals surface area contributed by atoms with Crippen molar-refractivity contribution in [2.24, 2.45) is 5.92 Å². The molecule has 1 fully saturated rings. The Morgan fingerprint density at radius 2 is 2.00 bits per heavy atom. The van der Waals surface area contributed by atoms with Crippen molar-refractivity contribution < 1.29 is 13.5 Å². The highest BCUT2D eigenvalue weighted by Crippen LogP contribution is 2.36. The number of rotatable bonds is 3. The van der Waals surface area contributed by atoms with Gasteiger partial charge in [-0.2, -0.15) is 10.2 Å². The van der Waals surface area contributed by atoms with E-state index in [2.05, 4.69) is 15.2 Å². The van der Waals surface area contributed by atoms with Gasteiger partial charge in [0, 0.05) is 41.5 Å². The lowest BCUT2D eigenvalue weighted by Crippen LogP contribution is -2.11. The third kappa shape index (κ3) is 3.70. The Labute approximate surface area is 195 Å². The molecule has 0 radical (unpaired) electrons. The fourth-order valence-corrected chi connectivity index (χ4v) is 4.54. The zero-order valence-corrected chi connectivity index (χ0v) is 18.7. The van der Waals surface area contributed by atoms with Crippen molar-refractivity contribution in [3.05, 3.63) is 70.8 Å². The van der Waals surface area contributed by atoms with Crippen LogP contribution >= 0.6 is 0 Å². The van der Waals surface area contributed by atoms with Gasteiger partial charge in [0.2, 0.25) is 0 Å². The molecule has 6 rings (SSSR count). The van der Waals surface area contributed by atoms with Gasteiger partial charge >= 0.3 is 0 Å². The van der Waals surface area contributed by atoms with Crippen LogP contribution in [-0.2, 0) is 19.6 Å². The third-order valence-electron chi connectivity index (χ3n) is 6.44. The molecule has 4 heterocycles. The number of benzene rings is 1. The summed E-state index contributed by atoms with van der Waals surface area (Å²) in [5, 5.41) is 8.94. The van der Waals surface area contributed by atoms with Gasteiger partial charge in [-0.05, 0) is 43.9 Å². The quantitative estimate of drug-likeness (QED) is 0.471. The van der Waals surface area contributed by atoms with E-state index in [9.17, 15) is 8.78 Å². The molecule has 0 spiro atoms. The number of aryl methyl sites for hydroxylation is 1. The second-order valence-electron chi connectivity index (χ2n) is 9.12. The fraction of sp³-hybridized carbons (Fsp3) is 0.320. The van der Waals surface area contributed by atoms with E-state index in [0.29, 0.717) is 35.3 Å². The van der Waals surface area contributed by atoms with Crippen LogP contribution < -0.4 is 10.5 Å². The van der Waals surface area contributed by atoms with Crippen LogP contribution in [0.4, 0.5) is 14.6 Å². The van der Waals surface area contributed by atoms with Gasteiger partial charge in [0.25, 0.3) is 6.43 Å². The van der Waals surface area contributed by atoms with Gasteiger partial charge in [0.05, 0.1) is 17.6 Å². The highest BCUT2D eigenvalue weighted by atomic mass is 19.3. The number of nitrogens with two attached hydrogens (primary N) is 1. The molecule has 174 valence electrons. The van der Waals surface area contributed by atoms with Crippen molar-refractivity contribution in [2.45, 2.75) is 45.8 Å². The summed E-state index contributed by atoms with van der Waals surface area (Å²) in [7, 11) is 0. The first kappa shape index (κ1) is 20.8. The smallest absolute Gasteiger partial charge is 0.282 e. The van der Waals surface area contributed by atoms with Crippen LogP contribution in [0.2, 0.25) is 0 Å². The number of aromatic nitrogens is 5. The van der Waals surface area contributed by atoms with E-state index < -0.39 is 6.43 Å². The van der Waals surface area contributed by atoms with Crippen LogP contribution in [0.1, 0.15) is 47.3 Å². The molecule has 0 saturated heterocycles. The van der Waals surface area contributed by atoms with Gasteiger partial charge < -0.3 is 10.5 Å². The van der Waals surface area contributed by atoms with Crippen LogP contribution in [0.15, 0.2) is 42.7 Å². The maximum Gasteiger partial charge on any atom is 0.282 e. The second-order valence-corrected chi connectivity index (χ2v) is 9.12. The summed E-state index contributed by atoms with van der Waals surface area (Å²) in [6.07, 6.45) is 3.63. The number of hydrogen-bond acceptors (Lipinski definition) is 5. The molecule has 4 aromatic rings. The summed E-state index contributed by atoms with van der Waals surface area (Å²) in [5.74, 6) is 1.38. The van der Waals surface area contributed by atoms with Crippen molar-refractivity contribution >= 4 is 5.82 Å². The molecule has 7 nitrogen and oxygen atoms in total. The Morgan fingerprint density at radius 3 is 2.79 bits per heavy atom. The number of alkyl halides is 2. The van der Waals surface area contributed by atoms with Crippen molar-refractivity contribution in [3.8, 4) is 22.7 Å². The first-order valence-electron chi connectivity index (χ1n) is 11.4. The first-order valence-corrected chi connectivity index (χ1v) is 11.4. The Kier molecular flexibility index (Phi) is 4.86. The molecule has 2 N–H and O–H groups in total. The number of fused-ring (bicyclic) bond motifs is 7. The number of hydrogen-bond donors (Lipinski definition) is 1. The maximum absolute atomic E-state index is 13.7. The number of anilines is 1. The highest BCUT2D eigenvalue weighted by Gasteiger charge is 2.27. The molecule has 2 bridgehead atoms. The molecule has 2 aliphatic rings. The lowest BCUT2D eigenvalue weighted by Gasteiger charge is -2.18. The van der Waals surface area contributed by atoms with Crippen molar-refractivity contribution in [1.29, 1.82) is 0 Å². The molecule has 1 aliphatic heterocycles. The minimum Gasteiger partial charge on any atom is -0.485 e. The minimum absolute atomic E-state index is 0.198. The molecular formula is C25H24F2N6O. The average molecular weight is 463 g/mol. The number of nitrogen functional groups attached to an aromatic ring is 1. The molecule has 0 unspecified atom stereocenters. The third-order valence-corrected chi connectivity index (χ3v) is 6.44. The molecule has 3 aromatic heterocycles. The van der Waals surface area contributed by atoms with Crippen LogP contribution in [0.25, 0.3) is 16.9 Å². The minimum atomic E-state index is -2.67. The standard InChI is InChI=1S/C25H24F2N6O/c1-14-2-5-21-18(6-14)13-34-22-8-17(10-29-25(22)28)23-16(11-30-32(23)12-15-3-4-15)7-19-9-20(24(26)27)31-33(19)21/h2,5-6,8-11,15,24H,3-4,7,12-13H2,1H3,(H2,28,29). The predicted molar refractivity (Wildman–Crippen MR) is 123 cm³/mol. The Balaban J connectivity index is 1.57. The molecule has 34 heavy (non-hydrogen) atoms. The first-order chi connectivity index (χ1) is 16.5. The summed E-state index contributed by atoms with van der Waals surface area (Å²) in [5.41, 5.74) is 11.7. The molecule has 1 aromatic carbocycles. The highest BCUT2D eigenvalue weighted by molar-refractivity contribution is 5.68. The van der Waals surface area contributed by atoms with Gasteiger partial charge in [-0.15, -0.1) is 0 Å². The van der Waals surface area contributed by atoms with E-state index in [4.69, 9.17) is 10.5 Å². The monoisotopic (exact) mass is 462 g/mol. The van der Waals surface area contributed by atoms with Crippen LogP contribution in [0.5, 0.6) is 5.75 Å². The number of nitrogens with zero attached hydrogens (tertiary/aromatic N) is 5. The van der Waals surface area contributed by atoms with Crippen molar-refractivity contribution in [3.63, 3.8) is 0 Å². The molecular weight excluding hydrogens is 438 g/mol. The van der Waals surface area contributed by atoms with Crippen molar-refractivity contribution in [2.75, 3.05) is 5.73 Å². The van der Waals surface area contributed by atoms with Crippen LogP contribution in [-0.4, -0.2) is 24.5 Å². The fourth-order valence-electron chi connectivity index (χ4n) is 4.54. The summed E-state index contributed by atoms with van der Waals surface area (Å²) in [6, 6.07) is 9.18. The van der Waals surface area contributed by atoms with Gasteiger partial charge in [0.1, 0.15) is 12.3 Å². The average Bonchev–Trinajstić information content (AvgIpc) is 3.39. The zero-order chi connectivity index (χ0) is 23.4. The summed E-state index contributed by atoms with van der Waals surface area (Å²) < 4.78 is 37.1. The number of pyridine rings is 1. The SMILES string of the molecule is Cc1ccc2c(c1)COc1cc(cnc1N)-c1c(cnn1CC1CC1)Cc1cc(C(F)F)nn1-2. The maximum atomic E-state index is 13.7. The molecule has 0 amide bonds. The largest absolute Gasteiger partial charge is 0.485 e. The van der Waals surface area contributed by atoms with Crippen LogP contribution in [0, 0.1) is 12.8 Å². The van der Waals surface area contributed by atoms with E-state index in [0.717, 1.165) is 34.5 Å². The topological polar surface area (TPSA) is 83.8 Å². The van der Waals surface area contributed by atoms with Gasteiger partial charge in [-0.25, -0.2) is 18.4 Å². The molecule has 9 heteroatoms. The van der Waals surface area contributed by atoms with E-state index >= 15 is 0 Å². The Morgan fingerprint density at radius 1 is 1.15 bits per heavy atom. The molecule has 0 atom stereocenters. The Hall–Kier alpha value is -3.75.